The Labute approximate surface area is 150 Å². The fourth-order valence-electron chi connectivity index (χ4n) is 2.44. The second-order valence-electron chi connectivity index (χ2n) is 5.78. The van der Waals surface area contributed by atoms with Crippen molar-refractivity contribution >= 4 is 35.0 Å². The number of imidazole rings is 1. The molecule has 2 N–H and O–H groups in total. The highest BCUT2D eigenvalue weighted by Crippen LogP contribution is 2.37. The number of nitrogens with one attached hydrogen (secondary N) is 2. The lowest BCUT2D eigenvalue weighted by Crippen LogP contribution is -2.16. The molecule has 1 aliphatic carbocycles. The molecule has 3 rings (SSSR count). The Bertz CT molecular complexity index is 786. The quantitative estimate of drug-likeness (QED) is 0.742. The lowest BCUT2D eigenvalue weighted by Gasteiger charge is -2.12. The smallest absolute Gasteiger partial charge is 0.234 e. The normalized spacial score (nSPS) is 13.4. The summed E-state index contributed by atoms with van der Waals surface area (Å²) in [5.74, 6) is 0.447. The Morgan fingerprint density at radius 1 is 1.36 bits per heavy atom. The minimum Gasteiger partial charge on any atom is -0.495 e. The third kappa shape index (κ3) is 4.54. The second kappa shape index (κ2) is 7.60. The van der Waals surface area contributed by atoms with Crippen LogP contribution in [0.3, 0.4) is 0 Å². The van der Waals surface area contributed by atoms with Crippen molar-refractivity contribution in [2.45, 2.75) is 31.0 Å². The zero-order valence-corrected chi connectivity index (χ0v) is 14.9. The molecule has 1 fully saturated rings. The van der Waals surface area contributed by atoms with Crippen LogP contribution in [-0.2, 0) is 9.59 Å². The zero-order chi connectivity index (χ0) is 17.8. The molecule has 1 heterocycles. The maximum atomic E-state index is 12.3. The van der Waals surface area contributed by atoms with E-state index in [-0.39, 0.29) is 17.6 Å². The highest BCUT2D eigenvalue weighted by Gasteiger charge is 2.25. The van der Waals surface area contributed by atoms with E-state index in [0.29, 0.717) is 23.2 Å². The van der Waals surface area contributed by atoms with Crippen LogP contribution in [-0.4, -0.2) is 34.2 Å². The van der Waals surface area contributed by atoms with Crippen LogP contribution in [0.2, 0.25) is 0 Å². The van der Waals surface area contributed by atoms with Crippen molar-refractivity contribution in [1.82, 2.24) is 9.55 Å². The van der Waals surface area contributed by atoms with Crippen LogP contribution in [0.1, 0.15) is 25.8 Å². The highest BCUT2D eigenvalue weighted by molar-refractivity contribution is 7.99. The topological polar surface area (TPSA) is 85.2 Å². The Kier molecular flexibility index (Phi) is 5.28. The van der Waals surface area contributed by atoms with E-state index in [0.717, 1.165) is 5.16 Å². The van der Waals surface area contributed by atoms with Gasteiger partial charge in [-0.2, -0.15) is 0 Å². The third-order valence-electron chi connectivity index (χ3n) is 3.70. The van der Waals surface area contributed by atoms with E-state index in [1.807, 2.05) is 6.20 Å². The molecule has 2 aromatic rings. The molecule has 1 aliphatic rings. The summed E-state index contributed by atoms with van der Waals surface area (Å²) in [4.78, 5) is 27.8. The average Bonchev–Trinajstić information content (AvgIpc) is 3.31. The van der Waals surface area contributed by atoms with E-state index < -0.39 is 0 Å². The van der Waals surface area contributed by atoms with E-state index in [1.54, 1.807) is 24.4 Å². The first-order chi connectivity index (χ1) is 12.1. The Balaban J connectivity index is 1.63. The minimum absolute atomic E-state index is 0.159. The van der Waals surface area contributed by atoms with Gasteiger partial charge in [0.2, 0.25) is 11.8 Å². The minimum atomic E-state index is -0.176. The molecule has 1 saturated carbocycles. The summed E-state index contributed by atoms with van der Waals surface area (Å²) in [5, 5.41) is 6.37. The summed E-state index contributed by atoms with van der Waals surface area (Å²) in [5.41, 5.74) is 1.12. The number of nitrogens with zero attached hydrogens (tertiary/aromatic N) is 2. The molecule has 1 aromatic carbocycles. The summed E-state index contributed by atoms with van der Waals surface area (Å²) < 4.78 is 7.39. The van der Waals surface area contributed by atoms with Crippen molar-refractivity contribution in [3.05, 3.63) is 30.6 Å². The number of carbonyl (C=O) groups excluding carboxylic acids is 2. The first kappa shape index (κ1) is 17.3. The predicted molar refractivity (Wildman–Crippen MR) is 97.1 cm³/mol. The lowest BCUT2D eigenvalue weighted by atomic mass is 10.2. The van der Waals surface area contributed by atoms with Gasteiger partial charge in [0, 0.05) is 31.0 Å². The van der Waals surface area contributed by atoms with Gasteiger partial charge in [-0.1, -0.05) is 11.8 Å². The van der Waals surface area contributed by atoms with E-state index >= 15 is 0 Å². The number of thioether (sulfide) groups is 1. The number of carbonyl (C=O) groups is 2. The molecule has 0 bridgehead atoms. The lowest BCUT2D eigenvalue weighted by molar-refractivity contribution is -0.114. The van der Waals surface area contributed by atoms with E-state index in [4.69, 9.17) is 4.74 Å². The van der Waals surface area contributed by atoms with Crippen LogP contribution in [0.15, 0.2) is 35.7 Å². The molecule has 7 nitrogen and oxygen atoms in total. The summed E-state index contributed by atoms with van der Waals surface area (Å²) >= 11 is 1.41. The molecule has 0 spiro atoms. The van der Waals surface area contributed by atoms with Gasteiger partial charge >= 0.3 is 0 Å². The summed E-state index contributed by atoms with van der Waals surface area (Å²) in [6.07, 6.45) is 6.06. The highest BCUT2D eigenvalue weighted by atomic mass is 32.2. The maximum Gasteiger partial charge on any atom is 0.234 e. The molecule has 8 heteroatoms. The Hall–Kier alpha value is -2.48. The molecule has 1 aromatic heterocycles. The van der Waals surface area contributed by atoms with Gasteiger partial charge in [-0.25, -0.2) is 4.98 Å². The summed E-state index contributed by atoms with van der Waals surface area (Å²) in [6, 6.07) is 5.63. The first-order valence-corrected chi connectivity index (χ1v) is 8.96. The number of hydrogen-bond donors (Lipinski definition) is 2. The Morgan fingerprint density at radius 2 is 2.16 bits per heavy atom. The van der Waals surface area contributed by atoms with Gasteiger partial charge in [0.1, 0.15) is 5.75 Å². The number of hydrogen-bond acceptors (Lipinski definition) is 5. The predicted octanol–water partition coefficient (Wildman–Crippen LogP) is 2.92. The second-order valence-corrected chi connectivity index (χ2v) is 6.72. The molecule has 0 unspecified atom stereocenters. The molecule has 2 amide bonds. The van der Waals surface area contributed by atoms with E-state index in [1.165, 1.54) is 38.6 Å². The van der Waals surface area contributed by atoms with Crippen LogP contribution in [0, 0.1) is 0 Å². The maximum absolute atomic E-state index is 12.3. The number of amides is 2. The van der Waals surface area contributed by atoms with Gasteiger partial charge in [-0.15, -0.1) is 0 Å². The first-order valence-electron chi connectivity index (χ1n) is 7.98. The van der Waals surface area contributed by atoms with E-state index in [9.17, 15) is 9.59 Å². The number of benzene rings is 1. The van der Waals surface area contributed by atoms with Crippen molar-refractivity contribution in [3.63, 3.8) is 0 Å². The van der Waals surface area contributed by atoms with Crippen LogP contribution in [0.25, 0.3) is 0 Å². The molecule has 0 saturated heterocycles. The van der Waals surface area contributed by atoms with E-state index in [2.05, 4.69) is 20.2 Å². The van der Waals surface area contributed by atoms with Gasteiger partial charge in [0.15, 0.2) is 5.16 Å². The number of aromatic nitrogens is 2. The standard InChI is InChI=1S/C17H20N4O3S/c1-11(22)19-12-3-6-15(24-2)14(9-12)20-16(23)10-25-17-18-7-8-21(17)13-4-5-13/h3,6-9,13H,4-5,10H2,1-2H3,(H,19,22)(H,20,23). The molecule has 0 atom stereocenters. The van der Waals surface area contributed by atoms with Crippen LogP contribution in [0.4, 0.5) is 11.4 Å². The van der Waals surface area contributed by atoms with Crippen molar-refractivity contribution in [3.8, 4) is 5.75 Å². The van der Waals surface area contributed by atoms with Crippen molar-refractivity contribution in [2.24, 2.45) is 0 Å². The molecule has 0 radical (unpaired) electrons. The van der Waals surface area contributed by atoms with Crippen LogP contribution < -0.4 is 15.4 Å². The monoisotopic (exact) mass is 360 g/mol. The van der Waals surface area contributed by atoms with Gasteiger partial charge in [0.05, 0.1) is 18.6 Å². The fourth-order valence-corrected chi connectivity index (χ4v) is 3.27. The van der Waals surface area contributed by atoms with Crippen LogP contribution >= 0.6 is 11.8 Å². The molecule has 132 valence electrons. The van der Waals surface area contributed by atoms with Gasteiger partial charge < -0.3 is 19.9 Å². The summed E-state index contributed by atoms with van der Waals surface area (Å²) in [6.45, 7) is 1.43. The SMILES string of the molecule is COc1ccc(NC(C)=O)cc1NC(=O)CSc1nccn1C1CC1. The third-order valence-corrected chi connectivity index (χ3v) is 4.68. The largest absolute Gasteiger partial charge is 0.495 e. The van der Waals surface area contributed by atoms with Gasteiger partial charge in [-0.3, -0.25) is 9.59 Å². The van der Waals surface area contributed by atoms with Crippen molar-refractivity contribution in [1.29, 1.82) is 0 Å². The van der Waals surface area contributed by atoms with Gasteiger partial charge in [0.25, 0.3) is 0 Å². The number of rotatable bonds is 7. The number of methoxy groups -OCH3 is 1. The zero-order valence-electron chi connectivity index (χ0n) is 14.1. The average molecular weight is 360 g/mol. The van der Waals surface area contributed by atoms with Crippen LogP contribution in [0.5, 0.6) is 5.75 Å². The molecule has 25 heavy (non-hydrogen) atoms. The number of ether oxygens (including phenoxy) is 1. The molecular formula is C17H20N4O3S. The molecule has 0 aliphatic heterocycles. The molecular weight excluding hydrogens is 340 g/mol. The van der Waals surface area contributed by atoms with Crippen molar-refractivity contribution < 1.29 is 14.3 Å². The van der Waals surface area contributed by atoms with Crippen molar-refractivity contribution in [2.75, 3.05) is 23.5 Å². The Morgan fingerprint density at radius 3 is 2.84 bits per heavy atom. The summed E-state index contributed by atoms with van der Waals surface area (Å²) in [7, 11) is 1.53. The fraction of sp³-hybridized carbons (Fsp3) is 0.353. The van der Waals surface area contributed by atoms with Gasteiger partial charge in [-0.05, 0) is 31.0 Å². The number of anilines is 2.